The molecule has 0 saturated heterocycles. The Morgan fingerprint density at radius 2 is 0.833 bits per heavy atom. The highest BCUT2D eigenvalue weighted by molar-refractivity contribution is 5.82. The van der Waals surface area contributed by atoms with Gasteiger partial charge < -0.3 is 0 Å². The first kappa shape index (κ1) is 18.0. The van der Waals surface area contributed by atoms with Gasteiger partial charge in [-0.2, -0.15) is 0 Å². The van der Waals surface area contributed by atoms with E-state index in [-0.39, 0.29) is 0 Å². The molecule has 0 radical (unpaired) electrons. The van der Waals surface area contributed by atoms with Gasteiger partial charge in [-0.3, -0.25) is 0 Å². The summed E-state index contributed by atoms with van der Waals surface area (Å²) < 4.78 is 0. The van der Waals surface area contributed by atoms with Crippen molar-refractivity contribution in [3.63, 3.8) is 0 Å². The molecule has 5 rings (SSSR count). The quantitative estimate of drug-likeness (QED) is 0.329. The molecular formula is C28H20N2. The predicted octanol–water partition coefficient (Wildman–Crippen LogP) is 7.12. The Balaban J connectivity index is 1.30. The first-order valence-electron chi connectivity index (χ1n) is 10.0. The van der Waals surface area contributed by atoms with Crippen molar-refractivity contribution in [3.05, 3.63) is 120 Å². The largest absolute Gasteiger partial charge is 0.248 e. The molecule has 0 saturated carbocycles. The van der Waals surface area contributed by atoms with E-state index in [0.29, 0.717) is 0 Å². The highest BCUT2D eigenvalue weighted by Gasteiger charge is 1.96. The lowest BCUT2D eigenvalue weighted by Crippen LogP contribution is -1.83. The van der Waals surface area contributed by atoms with Crippen LogP contribution in [0.1, 0.15) is 22.5 Å². The van der Waals surface area contributed by atoms with Crippen molar-refractivity contribution in [1.29, 1.82) is 0 Å². The molecule has 30 heavy (non-hydrogen) atoms. The normalized spacial score (nSPS) is 11.7. The number of hydrogen-bond donors (Lipinski definition) is 0. The van der Waals surface area contributed by atoms with Gasteiger partial charge in [0.05, 0.1) is 22.4 Å². The molecule has 5 aromatic rings. The fourth-order valence-corrected chi connectivity index (χ4v) is 3.43. The third-order valence-corrected chi connectivity index (χ3v) is 5.07. The van der Waals surface area contributed by atoms with Gasteiger partial charge >= 0.3 is 0 Å². The molecule has 2 nitrogen and oxygen atoms in total. The molecule has 2 heterocycles. The van der Waals surface area contributed by atoms with Crippen molar-refractivity contribution in [2.24, 2.45) is 0 Å². The van der Waals surface area contributed by atoms with E-state index in [1.807, 2.05) is 48.5 Å². The van der Waals surface area contributed by atoms with Crippen LogP contribution in [0, 0.1) is 0 Å². The number of rotatable bonds is 4. The second-order valence-corrected chi connectivity index (χ2v) is 7.19. The number of aromatic nitrogens is 2. The molecule has 142 valence electrons. The number of hydrogen-bond acceptors (Lipinski definition) is 2. The Kier molecular flexibility index (Phi) is 4.89. The van der Waals surface area contributed by atoms with Crippen LogP contribution in [0.15, 0.2) is 97.1 Å². The molecule has 2 heteroatoms. The third kappa shape index (κ3) is 4.03. The molecule has 0 aliphatic heterocycles. The Morgan fingerprint density at radius 1 is 0.400 bits per heavy atom. The molecule has 2 aromatic heterocycles. The predicted molar refractivity (Wildman–Crippen MR) is 128 cm³/mol. The molecule has 0 bridgehead atoms. The van der Waals surface area contributed by atoms with Crippen LogP contribution >= 0.6 is 0 Å². The molecule has 0 aliphatic rings. The fraction of sp³-hybridized carbons (Fsp3) is 0. The van der Waals surface area contributed by atoms with Gasteiger partial charge in [-0.15, -0.1) is 0 Å². The maximum atomic E-state index is 4.69. The van der Waals surface area contributed by atoms with Crippen LogP contribution < -0.4 is 0 Å². The average molecular weight is 384 g/mol. The summed E-state index contributed by atoms with van der Waals surface area (Å²) in [6.45, 7) is 0. The van der Waals surface area contributed by atoms with E-state index in [4.69, 9.17) is 0 Å². The van der Waals surface area contributed by atoms with E-state index in [0.717, 1.165) is 44.3 Å². The van der Waals surface area contributed by atoms with Gasteiger partial charge in [-0.05, 0) is 47.5 Å². The summed E-state index contributed by atoms with van der Waals surface area (Å²) >= 11 is 0. The molecule has 0 aliphatic carbocycles. The average Bonchev–Trinajstić information content (AvgIpc) is 2.82. The molecule has 0 unspecified atom stereocenters. The Hall–Kier alpha value is -4.04. The highest BCUT2D eigenvalue weighted by Crippen LogP contribution is 2.16. The van der Waals surface area contributed by atoms with E-state index >= 15 is 0 Å². The van der Waals surface area contributed by atoms with E-state index < -0.39 is 0 Å². The van der Waals surface area contributed by atoms with Gasteiger partial charge in [0.2, 0.25) is 0 Å². The van der Waals surface area contributed by atoms with Crippen LogP contribution in [0.3, 0.4) is 0 Å². The maximum Gasteiger partial charge on any atom is 0.0709 e. The van der Waals surface area contributed by atoms with E-state index in [9.17, 15) is 0 Å². The lowest BCUT2D eigenvalue weighted by atomic mass is 10.1. The second-order valence-electron chi connectivity index (χ2n) is 7.19. The SMILES string of the molecule is C(=C\c1ccc2ccccc2n1)/c1ccc(/C=C/c2ccc3ccccc3n2)cc1. The van der Waals surface area contributed by atoms with Crippen LogP contribution in [0.2, 0.25) is 0 Å². The van der Waals surface area contributed by atoms with Gasteiger partial charge in [-0.25, -0.2) is 9.97 Å². The summed E-state index contributed by atoms with van der Waals surface area (Å²) in [6, 6.07) is 33.1. The summed E-state index contributed by atoms with van der Waals surface area (Å²) in [7, 11) is 0. The van der Waals surface area contributed by atoms with Crippen LogP contribution in [0.5, 0.6) is 0 Å². The van der Waals surface area contributed by atoms with Crippen LogP contribution in [-0.4, -0.2) is 9.97 Å². The van der Waals surface area contributed by atoms with Gasteiger partial charge in [-0.1, -0.05) is 84.9 Å². The van der Waals surface area contributed by atoms with Gasteiger partial charge in [0.15, 0.2) is 0 Å². The summed E-state index contributed by atoms with van der Waals surface area (Å²) in [5, 5.41) is 2.32. The minimum absolute atomic E-state index is 0.958. The zero-order valence-corrected chi connectivity index (χ0v) is 16.4. The van der Waals surface area contributed by atoms with Crippen molar-refractivity contribution in [2.75, 3.05) is 0 Å². The van der Waals surface area contributed by atoms with Gasteiger partial charge in [0.1, 0.15) is 0 Å². The maximum absolute atomic E-state index is 4.69. The molecule has 0 N–H and O–H groups in total. The monoisotopic (exact) mass is 384 g/mol. The molecule has 0 atom stereocenters. The van der Waals surface area contributed by atoms with E-state index in [2.05, 4.69) is 82.8 Å². The van der Waals surface area contributed by atoms with Crippen LogP contribution in [0.25, 0.3) is 46.1 Å². The topological polar surface area (TPSA) is 25.8 Å². The zero-order valence-electron chi connectivity index (χ0n) is 16.4. The van der Waals surface area contributed by atoms with Gasteiger partial charge in [0.25, 0.3) is 0 Å². The molecule has 3 aromatic carbocycles. The number of para-hydroxylation sites is 2. The molecule has 0 spiro atoms. The molecular weight excluding hydrogens is 364 g/mol. The number of pyridine rings is 2. The minimum Gasteiger partial charge on any atom is -0.248 e. The summed E-state index contributed by atoms with van der Waals surface area (Å²) in [5.41, 5.74) is 6.24. The van der Waals surface area contributed by atoms with Crippen LogP contribution in [-0.2, 0) is 0 Å². The van der Waals surface area contributed by atoms with Crippen molar-refractivity contribution >= 4 is 46.1 Å². The van der Waals surface area contributed by atoms with Gasteiger partial charge in [0, 0.05) is 10.8 Å². The highest BCUT2D eigenvalue weighted by atomic mass is 14.7. The van der Waals surface area contributed by atoms with Crippen molar-refractivity contribution in [3.8, 4) is 0 Å². The Bertz CT molecular complexity index is 1270. The molecule has 0 amide bonds. The van der Waals surface area contributed by atoms with Crippen molar-refractivity contribution in [1.82, 2.24) is 9.97 Å². The number of fused-ring (bicyclic) bond motifs is 2. The lowest BCUT2D eigenvalue weighted by molar-refractivity contribution is 1.37. The number of nitrogens with zero attached hydrogens (tertiary/aromatic N) is 2. The van der Waals surface area contributed by atoms with Crippen molar-refractivity contribution < 1.29 is 0 Å². The van der Waals surface area contributed by atoms with Crippen LogP contribution in [0.4, 0.5) is 0 Å². The third-order valence-electron chi connectivity index (χ3n) is 5.07. The minimum atomic E-state index is 0.958. The first-order chi connectivity index (χ1) is 14.8. The second kappa shape index (κ2) is 8.14. The summed E-state index contributed by atoms with van der Waals surface area (Å²) in [6.07, 6.45) is 8.29. The zero-order chi connectivity index (χ0) is 20.2. The molecule has 0 fully saturated rings. The first-order valence-corrected chi connectivity index (χ1v) is 10.0. The summed E-state index contributed by atoms with van der Waals surface area (Å²) in [4.78, 5) is 9.38. The standard InChI is InChI=1S/C28H20N2/c1-3-7-27-23(5-1)15-19-25(29-27)17-13-21-9-11-22(12-10-21)14-18-26-20-16-24-6-2-4-8-28(24)30-26/h1-20H/b17-13+,18-14+. The van der Waals surface area contributed by atoms with E-state index in [1.165, 1.54) is 0 Å². The fourth-order valence-electron chi connectivity index (χ4n) is 3.43. The Morgan fingerprint density at radius 3 is 1.30 bits per heavy atom. The lowest BCUT2D eigenvalue weighted by Gasteiger charge is -2.00. The Labute approximate surface area is 175 Å². The summed E-state index contributed by atoms with van der Waals surface area (Å²) in [5.74, 6) is 0. The smallest absolute Gasteiger partial charge is 0.0709 e. The van der Waals surface area contributed by atoms with E-state index in [1.54, 1.807) is 0 Å². The van der Waals surface area contributed by atoms with Crippen molar-refractivity contribution in [2.45, 2.75) is 0 Å². The number of benzene rings is 3.